The fourth-order valence-electron chi connectivity index (χ4n) is 2.09. The van der Waals surface area contributed by atoms with Crippen molar-refractivity contribution in [1.29, 1.82) is 5.41 Å². The number of alkyl halides is 3. The molecule has 3 aromatic rings. The van der Waals surface area contributed by atoms with Crippen molar-refractivity contribution in [2.24, 2.45) is 5.73 Å². The van der Waals surface area contributed by atoms with Crippen LogP contribution >= 0.6 is 34.4 Å². The zero-order valence-electron chi connectivity index (χ0n) is 12.9. The number of thiophene rings is 1. The van der Waals surface area contributed by atoms with Gasteiger partial charge in [0.1, 0.15) is 16.7 Å². The van der Waals surface area contributed by atoms with Crippen LogP contribution in [0, 0.1) is 11.2 Å². The van der Waals surface area contributed by atoms with E-state index >= 15 is 0 Å². The number of nitrogens with one attached hydrogen (secondary N) is 1. The third-order valence-electron chi connectivity index (χ3n) is 3.28. The summed E-state index contributed by atoms with van der Waals surface area (Å²) in [7, 11) is 0. The molecule has 0 unspecified atom stereocenters. The first kappa shape index (κ1) is 18.9. The molecule has 0 atom stereocenters. The lowest BCUT2D eigenvalue weighted by Crippen LogP contribution is -2.08. The first-order valence-corrected chi connectivity index (χ1v) is 9.85. The van der Waals surface area contributed by atoms with Gasteiger partial charge in [0.25, 0.3) is 0 Å². The van der Waals surface area contributed by atoms with Crippen molar-refractivity contribution in [2.45, 2.75) is 16.8 Å². The van der Waals surface area contributed by atoms with Crippen molar-refractivity contribution >= 4 is 40.3 Å². The molecule has 0 aliphatic carbocycles. The van der Waals surface area contributed by atoms with E-state index in [0.29, 0.717) is 27.4 Å². The highest BCUT2D eigenvalue weighted by atomic mass is 32.2. The lowest BCUT2D eigenvalue weighted by molar-refractivity contribution is -0.137. The monoisotopic (exact) mass is 417 g/mol. The van der Waals surface area contributed by atoms with E-state index < -0.39 is 17.6 Å². The summed E-state index contributed by atoms with van der Waals surface area (Å²) >= 11 is 4.14. The van der Waals surface area contributed by atoms with E-state index in [0.717, 1.165) is 17.0 Å². The third kappa shape index (κ3) is 4.43. The Morgan fingerprint density at radius 2 is 1.92 bits per heavy atom. The quantitative estimate of drug-likeness (QED) is 0.246. The number of thioether (sulfide) groups is 1. The molecule has 0 bridgehead atoms. The molecule has 0 spiro atoms. The number of benzene rings is 1. The summed E-state index contributed by atoms with van der Waals surface area (Å²) in [5.74, 6) is -0.432. The minimum atomic E-state index is -4.61. The van der Waals surface area contributed by atoms with Crippen LogP contribution in [-0.2, 0) is 11.9 Å². The average molecular weight is 417 g/mol. The van der Waals surface area contributed by atoms with Crippen LogP contribution in [0.5, 0.6) is 0 Å². The van der Waals surface area contributed by atoms with Crippen LogP contribution in [-0.4, -0.2) is 10.8 Å². The first-order valence-electron chi connectivity index (χ1n) is 7.10. The van der Waals surface area contributed by atoms with E-state index in [4.69, 9.17) is 11.1 Å². The lowest BCUT2D eigenvalue weighted by atomic mass is 10.1. The van der Waals surface area contributed by atoms with Crippen molar-refractivity contribution in [3.63, 3.8) is 0 Å². The topological polar surface area (TPSA) is 62.8 Å². The molecule has 0 amide bonds. The van der Waals surface area contributed by atoms with E-state index in [-0.39, 0.29) is 11.4 Å². The number of nitrogen functional groups attached to an aromatic ring is 1. The summed E-state index contributed by atoms with van der Waals surface area (Å²) in [6, 6.07) is 4.20. The third-order valence-corrected chi connectivity index (χ3v) is 6.41. The highest BCUT2D eigenvalue weighted by Crippen LogP contribution is 2.34. The van der Waals surface area contributed by atoms with Gasteiger partial charge >= 0.3 is 6.18 Å². The van der Waals surface area contributed by atoms with Crippen LogP contribution < -0.4 is 5.73 Å². The zero-order chi connectivity index (χ0) is 18.9. The Morgan fingerprint density at radius 1 is 1.15 bits per heavy atom. The summed E-state index contributed by atoms with van der Waals surface area (Å²) in [6.07, 6.45) is -4.61. The van der Waals surface area contributed by atoms with Gasteiger partial charge in [-0.1, -0.05) is 0 Å². The number of hydrogen-bond donors (Lipinski definition) is 2. The Kier molecular flexibility index (Phi) is 5.35. The van der Waals surface area contributed by atoms with Gasteiger partial charge in [0.2, 0.25) is 0 Å². The smallest absolute Gasteiger partial charge is 0.383 e. The number of nitrogens with zero attached hydrogens (tertiary/aromatic N) is 1. The van der Waals surface area contributed by atoms with Gasteiger partial charge < -0.3 is 5.73 Å². The van der Waals surface area contributed by atoms with Crippen LogP contribution in [0.25, 0.3) is 11.3 Å². The SMILES string of the molecule is N=C(N)c1cc(SCc2nc(-c3cc(F)cc(C(F)(F)F)c3)cs2)cs1. The van der Waals surface area contributed by atoms with E-state index in [1.54, 1.807) is 11.4 Å². The molecule has 2 aromatic heterocycles. The van der Waals surface area contributed by atoms with Gasteiger partial charge in [0.15, 0.2) is 0 Å². The minimum absolute atomic E-state index is 0.00459. The van der Waals surface area contributed by atoms with Gasteiger partial charge in [-0.05, 0) is 24.3 Å². The fourth-order valence-corrected chi connectivity index (χ4v) is 4.81. The molecule has 136 valence electrons. The van der Waals surface area contributed by atoms with Gasteiger partial charge in [-0.3, -0.25) is 5.41 Å². The normalized spacial score (nSPS) is 11.7. The second-order valence-electron chi connectivity index (χ2n) is 5.20. The molecule has 3 nitrogen and oxygen atoms in total. The van der Waals surface area contributed by atoms with Crippen LogP contribution in [0.4, 0.5) is 17.6 Å². The molecule has 0 saturated carbocycles. The molecular formula is C16H11F4N3S3. The molecular weight excluding hydrogens is 406 g/mol. The average Bonchev–Trinajstić information content (AvgIpc) is 3.21. The number of rotatable bonds is 5. The van der Waals surface area contributed by atoms with Crippen LogP contribution in [0.3, 0.4) is 0 Å². The summed E-state index contributed by atoms with van der Waals surface area (Å²) in [5, 5.41) is 11.6. The Morgan fingerprint density at radius 3 is 2.58 bits per heavy atom. The van der Waals surface area contributed by atoms with Gasteiger partial charge in [-0.2, -0.15) is 13.2 Å². The second-order valence-corrected chi connectivity index (χ2v) is 8.10. The van der Waals surface area contributed by atoms with E-state index in [1.165, 1.54) is 34.4 Å². The van der Waals surface area contributed by atoms with Crippen molar-refractivity contribution in [1.82, 2.24) is 4.98 Å². The van der Waals surface area contributed by atoms with E-state index in [2.05, 4.69) is 4.98 Å². The second kappa shape index (κ2) is 7.37. The fraction of sp³-hybridized carbons (Fsp3) is 0.125. The zero-order valence-corrected chi connectivity index (χ0v) is 15.4. The largest absolute Gasteiger partial charge is 0.416 e. The van der Waals surface area contributed by atoms with Crippen LogP contribution in [0.2, 0.25) is 0 Å². The minimum Gasteiger partial charge on any atom is -0.383 e. The Balaban J connectivity index is 1.75. The Hall–Kier alpha value is -1.91. The molecule has 0 fully saturated rings. The standard InChI is InChI=1S/C16H11F4N3S3/c17-10-2-8(1-9(3-10)16(18,19)20)12-6-26-14(23-12)7-24-11-4-13(15(21)22)25-5-11/h1-6H,7H2,(H3,21,22). The predicted octanol–water partition coefficient (Wildman–Crippen LogP) is 5.61. The highest BCUT2D eigenvalue weighted by molar-refractivity contribution is 7.98. The van der Waals surface area contributed by atoms with Crippen molar-refractivity contribution in [2.75, 3.05) is 0 Å². The Labute approximate surface area is 158 Å². The number of aromatic nitrogens is 1. The molecule has 0 aliphatic heterocycles. The molecule has 2 heterocycles. The van der Waals surface area contributed by atoms with Gasteiger partial charge in [-0.25, -0.2) is 9.37 Å². The molecule has 26 heavy (non-hydrogen) atoms. The number of thiazole rings is 1. The number of halogens is 4. The maximum Gasteiger partial charge on any atom is 0.416 e. The van der Waals surface area contributed by atoms with Crippen molar-refractivity contribution < 1.29 is 17.6 Å². The molecule has 0 radical (unpaired) electrons. The van der Waals surface area contributed by atoms with Crippen LogP contribution in [0.15, 0.2) is 39.9 Å². The van der Waals surface area contributed by atoms with Gasteiger partial charge in [0.05, 0.1) is 21.9 Å². The molecule has 10 heteroatoms. The number of hydrogen-bond acceptors (Lipinski definition) is 5. The molecule has 0 saturated heterocycles. The molecule has 3 rings (SSSR count). The van der Waals surface area contributed by atoms with E-state index in [1.807, 2.05) is 5.38 Å². The summed E-state index contributed by atoms with van der Waals surface area (Å²) < 4.78 is 52.0. The highest BCUT2D eigenvalue weighted by Gasteiger charge is 2.31. The lowest BCUT2D eigenvalue weighted by Gasteiger charge is -2.08. The summed E-state index contributed by atoms with van der Waals surface area (Å²) in [5.41, 5.74) is 4.79. The number of amidine groups is 1. The molecule has 3 N–H and O–H groups in total. The van der Waals surface area contributed by atoms with Gasteiger partial charge in [-0.15, -0.1) is 34.4 Å². The summed E-state index contributed by atoms with van der Waals surface area (Å²) in [4.78, 5) is 5.91. The first-order chi connectivity index (χ1) is 12.2. The number of nitrogens with two attached hydrogens (primary N) is 1. The summed E-state index contributed by atoms with van der Waals surface area (Å²) in [6.45, 7) is 0. The Bertz CT molecular complexity index is 946. The van der Waals surface area contributed by atoms with Gasteiger partial charge in [0, 0.05) is 21.2 Å². The van der Waals surface area contributed by atoms with Crippen molar-refractivity contribution in [3.05, 3.63) is 56.3 Å². The van der Waals surface area contributed by atoms with E-state index in [9.17, 15) is 17.6 Å². The molecule has 0 aliphatic rings. The molecule has 1 aromatic carbocycles. The maximum atomic E-state index is 13.5. The maximum absolute atomic E-state index is 13.5. The predicted molar refractivity (Wildman–Crippen MR) is 97.4 cm³/mol. The van der Waals surface area contributed by atoms with Crippen molar-refractivity contribution in [3.8, 4) is 11.3 Å². The van der Waals surface area contributed by atoms with Crippen LogP contribution in [0.1, 0.15) is 15.4 Å².